The predicted molar refractivity (Wildman–Crippen MR) is 197 cm³/mol. The topological polar surface area (TPSA) is 116 Å². The number of amides is 4. The van der Waals surface area contributed by atoms with Gasteiger partial charge in [0.05, 0.1) is 16.6 Å². The lowest BCUT2D eigenvalue weighted by Crippen LogP contribution is -2.39. The van der Waals surface area contributed by atoms with Crippen LogP contribution in [0.15, 0.2) is 97.2 Å². The number of nitrogens with one attached hydrogen (secondary N) is 2. The van der Waals surface area contributed by atoms with Crippen LogP contribution in [0.5, 0.6) is 5.75 Å². The van der Waals surface area contributed by atoms with Crippen molar-refractivity contribution in [1.29, 1.82) is 0 Å². The number of allylic oxidation sites excluding steroid dienone is 11. The van der Waals surface area contributed by atoms with Gasteiger partial charge in [0.15, 0.2) is 0 Å². The Hall–Kier alpha value is -3.76. The van der Waals surface area contributed by atoms with E-state index in [-0.39, 0.29) is 48.5 Å². The first kappa shape index (κ1) is 39.4. The third kappa shape index (κ3) is 17.7. The molecule has 1 atom stereocenters. The van der Waals surface area contributed by atoms with Gasteiger partial charge in [0.25, 0.3) is 5.91 Å². The summed E-state index contributed by atoms with van der Waals surface area (Å²) in [6.45, 7) is 2.79. The molecule has 8 nitrogen and oxygen atoms in total. The molecule has 0 radical (unpaired) electrons. The number of hydrogen-bond donors (Lipinski definition) is 3. The minimum absolute atomic E-state index is 0.0968. The fourth-order valence-corrected chi connectivity index (χ4v) is 6.02. The van der Waals surface area contributed by atoms with Gasteiger partial charge in [-0.05, 0) is 50.7 Å². The van der Waals surface area contributed by atoms with Crippen LogP contribution in [0.1, 0.15) is 62.2 Å². The van der Waals surface area contributed by atoms with E-state index >= 15 is 0 Å². The highest BCUT2D eigenvalue weighted by molar-refractivity contribution is 8.00. The first-order valence-electron chi connectivity index (χ1n) is 16.2. The average molecular weight is 680 g/mol. The highest BCUT2D eigenvalue weighted by Crippen LogP contribution is 2.24. The van der Waals surface area contributed by atoms with Crippen molar-refractivity contribution >= 4 is 47.2 Å². The molecule has 3 N–H and O–H groups in total. The lowest BCUT2D eigenvalue weighted by atomic mass is 10.2. The van der Waals surface area contributed by atoms with E-state index in [0.29, 0.717) is 18.1 Å². The van der Waals surface area contributed by atoms with E-state index in [4.69, 9.17) is 0 Å². The Morgan fingerprint density at radius 3 is 2.00 bits per heavy atom. The molecule has 1 saturated heterocycles. The van der Waals surface area contributed by atoms with Crippen molar-refractivity contribution in [2.45, 2.75) is 57.1 Å². The van der Waals surface area contributed by atoms with Crippen LogP contribution >= 0.6 is 23.5 Å². The quantitative estimate of drug-likeness (QED) is 0.0685. The van der Waals surface area contributed by atoms with Crippen molar-refractivity contribution in [3.63, 3.8) is 0 Å². The van der Waals surface area contributed by atoms with Crippen molar-refractivity contribution in [3.8, 4) is 5.75 Å². The molecule has 0 aromatic heterocycles. The van der Waals surface area contributed by atoms with Crippen LogP contribution in [-0.4, -0.2) is 75.8 Å². The number of benzene rings is 1. The van der Waals surface area contributed by atoms with Gasteiger partial charge >= 0.3 is 0 Å². The number of rotatable bonds is 23. The lowest BCUT2D eigenvalue weighted by molar-refractivity contribution is -0.138. The fraction of sp³-hybridized carbons (Fsp3) is 0.405. The van der Waals surface area contributed by atoms with Crippen molar-refractivity contribution in [2.75, 3.05) is 36.9 Å². The smallest absolute Gasteiger partial charge is 0.255 e. The predicted octanol–water partition coefficient (Wildman–Crippen LogP) is 6.53. The number of phenolic OH excluding ortho intramolecular Hbond substituents is 1. The van der Waals surface area contributed by atoms with Crippen LogP contribution < -0.4 is 10.6 Å². The van der Waals surface area contributed by atoms with E-state index in [2.05, 4.69) is 84.4 Å². The Kier molecular flexibility index (Phi) is 21.3. The highest BCUT2D eigenvalue weighted by atomic mass is 32.2. The standard InChI is InChI=1S/C37H49N3O5S2/c1-2-3-4-5-6-7-8-9-10-11-12-13-14-15-16-17-18-21-27-46-30-34(42)38-24-26-40-35(43)29-33(37(40)45)47-28-25-39-36(44)31-22-19-20-23-32(31)41/h3-4,6-7,9-10,12-13,15-16,18-23,33,41H,2,5,8,11,14,17,24-30H2,1H3,(H,38,42)(H,39,44). The van der Waals surface area contributed by atoms with Gasteiger partial charge in [0, 0.05) is 37.6 Å². The van der Waals surface area contributed by atoms with Crippen LogP contribution in [0, 0.1) is 0 Å². The van der Waals surface area contributed by atoms with Crippen LogP contribution in [0.3, 0.4) is 0 Å². The zero-order valence-electron chi connectivity index (χ0n) is 27.4. The van der Waals surface area contributed by atoms with Crippen LogP contribution in [0.25, 0.3) is 0 Å². The molecule has 0 spiro atoms. The van der Waals surface area contributed by atoms with Crippen LogP contribution in [0.4, 0.5) is 0 Å². The van der Waals surface area contributed by atoms with E-state index in [1.54, 1.807) is 12.1 Å². The number of nitrogens with zero attached hydrogens (tertiary/aromatic N) is 1. The molecular weight excluding hydrogens is 631 g/mol. The summed E-state index contributed by atoms with van der Waals surface area (Å²) in [6.07, 6.45) is 31.8. The van der Waals surface area contributed by atoms with Gasteiger partial charge < -0.3 is 15.7 Å². The third-order valence-electron chi connectivity index (χ3n) is 6.76. The van der Waals surface area contributed by atoms with Crippen LogP contribution in [0.2, 0.25) is 0 Å². The summed E-state index contributed by atoms with van der Waals surface area (Å²) in [7, 11) is 0. The number of carbonyl (C=O) groups is 4. The number of phenols is 1. The van der Waals surface area contributed by atoms with Crippen molar-refractivity contribution < 1.29 is 24.3 Å². The molecule has 254 valence electrons. The minimum atomic E-state index is -0.503. The maximum absolute atomic E-state index is 12.7. The normalized spacial score (nSPS) is 15.6. The summed E-state index contributed by atoms with van der Waals surface area (Å²) in [5.41, 5.74) is 0.185. The molecule has 1 heterocycles. The molecule has 10 heteroatoms. The summed E-state index contributed by atoms with van der Waals surface area (Å²) in [4.78, 5) is 50.6. The van der Waals surface area contributed by atoms with E-state index in [1.165, 1.54) is 40.6 Å². The molecule has 1 aliphatic rings. The molecule has 1 unspecified atom stereocenters. The number of likely N-dealkylation sites (tertiary alicyclic amines) is 1. The number of hydrogen-bond acceptors (Lipinski definition) is 7. The van der Waals surface area contributed by atoms with E-state index in [0.717, 1.165) is 44.3 Å². The summed E-state index contributed by atoms with van der Waals surface area (Å²) in [5, 5.41) is 14.8. The monoisotopic (exact) mass is 679 g/mol. The van der Waals surface area contributed by atoms with Gasteiger partial charge in [-0.25, -0.2) is 0 Å². The summed E-state index contributed by atoms with van der Waals surface area (Å²) in [5.74, 6) is 0.325. The molecule has 0 aliphatic carbocycles. The second kappa shape index (κ2) is 25.3. The van der Waals surface area contributed by atoms with Gasteiger partial charge in [-0.3, -0.25) is 24.1 Å². The van der Waals surface area contributed by atoms with Gasteiger partial charge in [-0.15, -0.1) is 23.5 Å². The first-order valence-corrected chi connectivity index (χ1v) is 18.4. The second-order valence-electron chi connectivity index (χ2n) is 10.5. The largest absolute Gasteiger partial charge is 0.507 e. The van der Waals surface area contributed by atoms with Gasteiger partial charge in [0.1, 0.15) is 5.75 Å². The molecule has 1 aliphatic heterocycles. The molecular formula is C37H49N3O5S2. The first-order chi connectivity index (χ1) is 22.9. The zero-order chi connectivity index (χ0) is 34.0. The Labute approximate surface area is 288 Å². The third-order valence-corrected chi connectivity index (χ3v) is 8.86. The maximum Gasteiger partial charge on any atom is 0.255 e. The molecule has 4 amide bonds. The van der Waals surface area contributed by atoms with E-state index in [9.17, 15) is 24.3 Å². The molecule has 0 bridgehead atoms. The number of carbonyl (C=O) groups excluding carboxylic acids is 4. The average Bonchev–Trinajstić information content (AvgIpc) is 3.33. The second-order valence-corrected chi connectivity index (χ2v) is 12.8. The SMILES string of the molecule is CCC=CCC=CCC=CCC=CCC=CCC=CCSCC(=O)NCCN1C(=O)CC(SCCNC(=O)c2ccccc2O)C1=O. The fourth-order valence-electron chi connectivity index (χ4n) is 4.31. The van der Waals surface area contributed by atoms with E-state index < -0.39 is 11.2 Å². The zero-order valence-corrected chi connectivity index (χ0v) is 29.0. The molecule has 1 aromatic rings. The molecule has 47 heavy (non-hydrogen) atoms. The summed E-state index contributed by atoms with van der Waals surface area (Å²) < 4.78 is 0. The summed E-state index contributed by atoms with van der Waals surface area (Å²) >= 11 is 2.82. The van der Waals surface area contributed by atoms with Crippen molar-refractivity contribution in [3.05, 3.63) is 103 Å². The molecule has 0 saturated carbocycles. The number of para-hydroxylation sites is 1. The number of thioether (sulfide) groups is 2. The van der Waals surface area contributed by atoms with Gasteiger partial charge in [-0.1, -0.05) is 92.0 Å². The van der Waals surface area contributed by atoms with Crippen molar-refractivity contribution in [1.82, 2.24) is 15.5 Å². The Balaban J connectivity index is 1.47. The molecule has 1 fully saturated rings. The highest BCUT2D eigenvalue weighted by Gasteiger charge is 2.38. The maximum atomic E-state index is 12.7. The molecule has 2 rings (SSSR count). The Morgan fingerprint density at radius 1 is 0.830 bits per heavy atom. The minimum Gasteiger partial charge on any atom is -0.507 e. The Bertz CT molecular complexity index is 1300. The van der Waals surface area contributed by atoms with E-state index in [1.807, 2.05) is 6.08 Å². The van der Waals surface area contributed by atoms with Crippen LogP contribution in [-0.2, 0) is 14.4 Å². The molecule has 1 aromatic carbocycles. The van der Waals surface area contributed by atoms with Gasteiger partial charge in [-0.2, -0.15) is 0 Å². The summed E-state index contributed by atoms with van der Waals surface area (Å²) in [6, 6.07) is 6.26. The van der Waals surface area contributed by atoms with Gasteiger partial charge in [0.2, 0.25) is 17.7 Å². The Morgan fingerprint density at radius 2 is 1.40 bits per heavy atom. The van der Waals surface area contributed by atoms with Crippen molar-refractivity contribution in [2.24, 2.45) is 0 Å². The number of aromatic hydroxyl groups is 1. The number of imide groups is 1. The lowest BCUT2D eigenvalue weighted by Gasteiger charge is -2.15.